The van der Waals surface area contributed by atoms with Crippen LogP contribution in [0.2, 0.25) is 0 Å². The number of anilines is 2. The third-order valence-electron chi connectivity index (χ3n) is 4.80. The molecule has 0 spiro atoms. The van der Waals surface area contributed by atoms with Crippen molar-refractivity contribution in [2.75, 3.05) is 36.9 Å². The first kappa shape index (κ1) is 18.4. The molecule has 1 fully saturated rings. The van der Waals surface area contributed by atoms with Crippen LogP contribution in [0.15, 0.2) is 29.5 Å². The summed E-state index contributed by atoms with van der Waals surface area (Å²) in [5, 5.41) is 5.68. The molecule has 1 amide bonds. The van der Waals surface area contributed by atoms with Crippen LogP contribution < -0.4 is 10.6 Å². The number of nitrogens with one attached hydrogen (secondary N) is 2. The Morgan fingerprint density at radius 3 is 2.69 bits per heavy atom. The summed E-state index contributed by atoms with van der Waals surface area (Å²) in [6.45, 7) is 6.22. The Bertz CT molecular complexity index is 740. The van der Waals surface area contributed by atoms with Gasteiger partial charge < -0.3 is 15.4 Å². The van der Waals surface area contributed by atoms with Crippen LogP contribution >= 0.6 is 0 Å². The number of rotatable bonds is 4. The first-order chi connectivity index (χ1) is 12.5. The van der Waals surface area contributed by atoms with E-state index < -0.39 is 17.7 Å². The zero-order valence-electron chi connectivity index (χ0n) is 15.1. The number of amides is 1. The quantitative estimate of drug-likeness (QED) is 0.807. The normalized spacial score (nSPS) is 18.7. The average Bonchev–Trinajstić information content (AvgIpc) is 2.73. The number of esters is 1. The van der Waals surface area contributed by atoms with Crippen LogP contribution in [0.3, 0.4) is 0 Å². The van der Waals surface area contributed by atoms with Crippen molar-refractivity contribution in [2.45, 2.75) is 26.7 Å². The molecule has 1 aromatic rings. The van der Waals surface area contributed by atoms with Gasteiger partial charge in [-0.1, -0.05) is 6.92 Å². The summed E-state index contributed by atoms with van der Waals surface area (Å²) in [6.07, 6.45) is 2.12. The van der Waals surface area contributed by atoms with E-state index in [1.807, 2.05) is 0 Å². The molecule has 0 atom stereocenters. The van der Waals surface area contributed by atoms with Gasteiger partial charge in [-0.15, -0.1) is 0 Å². The fourth-order valence-electron chi connectivity index (χ4n) is 3.22. The molecule has 0 radical (unpaired) electrons. The highest BCUT2D eigenvalue weighted by Gasteiger charge is 2.29. The van der Waals surface area contributed by atoms with Crippen LogP contribution in [0.1, 0.15) is 26.7 Å². The molecule has 0 aromatic heterocycles. The van der Waals surface area contributed by atoms with E-state index in [2.05, 4.69) is 22.5 Å². The molecule has 0 aliphatic carbocycles. The molecule has 0 bridgehead atoms. The SMILES string of the molecule is CCOC(=O)C1=C(CN2CCC(C)CC2)C(=O)Nc2cc(F)ccc2N1. The lowest BCUT2D eigenvalue weighted by atomic mass is 9.98. The second-order valence-corrected chi connectivity index (χ2v) is 6.80. The molecule has 2 heterocycles. The van der Waals surface area contributed by atoms with Crippen LogP contribution in [0.4, 0.5) is 15.8 Å². The highest BCUT2D eigenvalue weighted by Crippen LogP contribution is 2.29. The molecule has 1 aromatic carbocycles. The molecule has 7 heteroatoms. The summed E-state index contributed by atoms with van der Waals surface area (Å²) in [4.78, 5) is 27.4. The van der Waals surface area contributed by atoms with Crippen LogP contribution in [0.25, 0.3) is 0 Å². The zero-order valence-corrected chi connectivity index (χ0v) is 15.1. The molecule has 1 saturated heterocycles. The number of benzene rings is 1. The number of nitrogens with zero attached hydrogens (tertiary/aromatic N) is 1. The monoisotopic (exact) mass is 361 g/mol. The van der Waals surface area contributed by atoms with E-state index in [1.54, 1.807) is 6.92 Å². The summed E-state index contributed by atoms with van der Waals surface area (Å²) in [7, 11) is 0. The average molecular weight is 361 g/mol. The Morgan fingerprint density at radius 2 is 2.00 bits per heavy atom. The molecule has 0 saturated carbocycles. The van der Waals surface area contributed by atoms with Crippen molar-refractivity contribution >= 4 is 23.3 Å². The predicted molar refractivity (Wildman–Crippen MR) is 97.1 cm³/mol. The third-order valence-corrected chi connectivity index (χ3v) is 4.80. The number of hydrogen-bond acceptors (Lipinski definition) is 5. The molecule has 2 aliphatic heterocycles. The van der Waals surface area contributed by atoms with Gasteiger partial charge in [-0.05, 0) is 57.0 Å². The number of carbonyl (C=O) groups excluding carboxylic acids is 2. The van der Waals surface area contributed by atoms with E-state index in [9.17, 15) is 14.0 Å². The molecule has 140 valence electrons. The molecular weight excluding hydrogens is 337 g/mol. The third kappa shape index (κ3) is 4.04. The second kappa shape index (κ2) is 7.86. The van der Waals surface area contributed by atoms with E-state index in [1.165, 1.54) is 18.2 Å². The lowest BCUT2D eigenvalue weighted by Crippen LogP contribution is -2.37. The number of fused-ring (bicyclic) bond motifs is 1. The van der Waals surface area contributed by atoms with Gasteiger partial charge in [0.15, 0.2) is 0 Å². The molecule has 6 nitrogen and oxygen atoms in total. The number of ether oxygens (including phenoxy) is 1. The fraction of sp³-hybridized carbons (Fsp3) is 0.474. The van der Waals surface area contributed by atoms with Gasteiger partial charge in [0.05, 0.1) is 23.6 Å². The first-order valence-electron chi connectivity index (χ1n) is 8.98. The van der Waals surface area contributed by atoms with Crippen LogP contribution in [0.5, 0.6) is 0 Å². The molecular formula is C19H24FN3O3. The molecule has 26 heavy (non-hydrogen) atoms. The number of likely N-dealkylation sites (tertiary alicyclic amines) is 1. The summed E-state index contributed by atoms with van der Waals surface area (Å²) >= 11 is 0. The van der Waals surface area contributed by atoms with Crippen molar-refractivity contribution in [3.8, 4) is 0 Å². The topological polar surface area (TPSA) is 70.7 Å². The minimum atomic E-state index is -0.583. The van der Waals surface area contributed by atoms with E-state index in [0.717, 1.165) is 25.9 Å². The maximum atomic E-state index is 13.5. The van der Waals surface area contributed by atoms with E-state index in [-0.39, 0.29) is 12.3 Å². The molecule has 0 unspecified atom stereocenters. The summed E-state index contributed by atoms with van der Waals surface area (Å²) in [5.74, 6) is -0.793. The maximum Gasteiger partial charge on any atom is 0.355 e. The first-order valence-corrected chi connectivity index (χ1v) is 8.98. The van der Waals surface area contributed by atoms with Gasteiger partial charge in [-0.3, -0.25) is 9.69 Å². The fourth-order valence-corrected chi connectivity index (χ4v) is 3.22. The second-order valence-electron chi connectivity index (χ2n) is 6.80. The summed E-state index contributed by atoms with van der Waals surface area (Å²) < 4.78 is 18.7. The van der Waals surface area contributed by atoms with Gasteiger partial charge in [-0.25, -0.2) is 9.18 Å². The maximum absolute atomic E-state index is 13.5. The minimum absolute atomic E-state index is 0.119. The number of piperidine rings is 1. The highest BCUT2D eigenvalue weighted by molar-refractivity contribution is 6.13. The number of hydrogen-bond donors (Lipinski definition) is 2. The van der Waals surface area contributed by atoms with Crippen LogP contribution in [-0.4, -0.2) is 43.0 Å². The lowest BCUT2D eigenvalue weighted by molar-refractivity contribution is -0.138. The van der Waals surface area contributed by atoms with E-state index >= 15 is 0 Å². The van der Waals surface area contributed by atoms with Crippen molar-refractivity contribution < 1.29 is 18.7 Å². The van der Waals surface area contributed by atoms with E-state index in [0.29, 0.717) is 29.4 Å². The number of carbonyl (C=O) groups is 2. The molecule has 3 rings (SSSR count). The van der Waals surface area contributed by atoms with Crippen molar-refractivity contribution in [1.82, 2.24) is 4.90 Å². The van der Waals surface area contributed by atoms with Gasteiger partial charge in [0.1, 0.15) is 11.5 Å². The van der Waals surface area contributed by atoms with Gasteiger partial charge in [0, 0.05) is 6.54 Å². The Kier molecular flexibility index (Phi) is 5.56. The largest absolute Gasteiger partial charge is 0.461 e. The predicted octanol–water partition coefficient (Wildman–Crippen LogP) is 2.74. The number of halogens is 1. The van der Waals surface area contributed by atoms with Crippen molar-refractivity contribution in [3.63, 3.8) is 0 Å². The van der Waals surface area contributed by atoms with Crippen molar-refractivity contribution in [2.24, 2.45) is 5.92 Å². The standard InChI is InChI=1S/C19H24FN3O3/c1-3-26-19(25)17-14(11-23-8-6-12(2)7-9-23)18(24)22-16-10-13(20)4-5-15(16)21-17/h4-5,10,12,21H,3,6-9,11H2,1-2H3,(H,22,24). The van der Waals surface area contributed by atoms with Gasteiger partial charge in [0.25, 0.3) is 5.91 Å². The molecule has 2 aliphatic rings. The molecule has 2 N–H and O–H groups in total. The van der Waals surface area contributed by atoms with Crippen molar-refractivity contribution in [3.05, 3.63) is 35.3 Å². The summed E-state index contributed by atoms with van der Waals surface area (Å²) in [5.41, 5.74) is 1.20. The Labute approximate surface area is 152 Å². The lowest BCUT2D eigenvalue weighted by Gasteiger charge is -2.30. The van der Waals surface area contributed by atoms with E-state index in [4.69, 9.17) is 4.74 Å². The van der Waals surface area contributed by atoms with Crippen LogP contribution in [-0.2, 0) is 14.3 Å². The Balaban J connectivity index is 1.92. The zero-order chi connectivity index (χ0) is 18.7. The minimum Gasteiger partial charge on any atom is -0.461 e. The Hall–Kier alpha value is -2.41. The van der Waals surface area contributed by atoms with Crippen molar-refractivity contribution in [1.29, 1.82) is 0 Å². The Morgan fingerprint density at radius 1 is 1.27 bits per heavy atom. The van der Waals surface area contributed by atoms with Gasteiger partial charge in [-0.2, -0.15) is 0 Å². The highest BCUT2D eigenvalue weighted by atomic mass is 19.1. The van der Waals surface area contributed by atoms with Gasteiger partial charge in [0.2, 0.25) is 0 Å². The van der Waals surface area contributed by atoms with Crippen LogP contribution in [0, 0.1) is 11.7 Å². The van der Waals surface area contributed by atoms with Gasteiger partial charge >= 0.3 is 5.97 Å². The summed E-state index contributed by atoms with van der Waals surface area (Å²) in [6, 6.07) is 4.00. The smallest absolute Gasteiger partial charge is 0.355 e.